The van der Waals surface area contributed by atoms with Crippen molar-refractivity contribution in [3.8, 4) is 0 Å². The van der Waals surface area contributed by atoms with Crippen LogP contribution in [0.3, 0.4) is 0 Å². The van der Waals surface area contributed by atoms with Gasteiger partial charge in [0, 0.05) is 30.5 Å². The third-order valence-electron chi connectivity index (χ3n) is 2.53. The highest BCUT2D eigenvalue weighted by molar-refractivity contribution is 9.10. The normalized spacial score (nSPS) is 12.6. The molecule has 0 spiro atoms. The van der Waals surface area contributed by atoms with Gasteiger partial charge in [0.1, 0.15) is 5.52 Å². The summed E-state index contributed by atoms with van der Waals surface area (Å²) in [6, 6.07) is 3.87. The molecule has 0 fully saturated rings. The first-order chi connectivity index (χ1) is 8.20. The van der Waals surface area contributed by atoms with Crippen LogP contribution in [-0.4, -0.2) is 29.7 Å². The summed E-state index contributed by atoms with van der Waals surface area (Å²) >= 11 is 3.39. The molecule has 90 valence electrons. The van der Waals surface area contributed by atoms with Crippen molar-refractivity contribution in [3.63, 3.8) is 0 Å². The molecule has 1 N–H and O–H groups in total. The highest BCUT2D eigenvalue weighted by atomic mass is 79.9. The molecule has 0 aliphatic heterocycles. The van der Waals surface area contributed by atoms with Crippen molar-refractivity contribution in [2.75, 3.05) is 19.0 Å². The van der Waals surface area contributed by atoms with Gasteiger partial charge in [-0.15, -0.1) is 0 Å². The fraction of sp³-hybridized carbons (Fsp3) is 0.333. The lowest BCUT2D eigenvalue weighted by Gasteiger charge is -2.12. The van der Waals surface area contributed by atoms with Crippen LogP contribution < -0.4 is 5.32 Å². The molecule has 0 saturated carbocycles. The van der Waals surface area contributed by atoms with Crippen molar-refractivity contribution in [3.05, 3.63) is 29.0 Å². The second kappa shape index (κ2) is 5.42. The van der Waals surface area contributed by atoms with Crippen LogP contribution in [0.25, 0.3) is 11.0 Å². The van der Waals surface area contributed by atoms with Gasteiger partial charge in [-0.3, -0.25) is 9.97 Å². The van der Waals surface area contributed by atoms with Gasteiger partial charge in [0.05, 0.1) is 17.3 Å². The number of pyridine rings is 2. The van der Waals surface area contributed by atoms with E-state index in [1.54, 1.807) is 19.5 Å². The molecule has 2 heterocycles. The number of hydrogen-bond acceptors (Lipinski definition) is 4. The molecule has 0 radical (unpaired) electrons. The monoisotopic (exact) mass is 295 g/mol. The Labute approximate surface area is 109 Å². The molecule has 4 nitrogen and oxygen atoms in total. The number of rotatable bonds is 4. The van der Waals surface area contributed by atoms with Gasteiger partial charge in [0.15, 0.2) is 0 Å². The molecule has 0 saturated heterocycles. The second-order valence-electron chi connectivity index (χ2n) is 3.81. The van der Waals surface area contributed by atoms with Crippen molar-refractivity contribution in [1.29, 1.82) is 0 Å². The van der Waals surface area contributed by atoms with Crippen molar-refractivity contribution in [2.24, 2.45) is 0 Å². The number of fused-ring (bicyclic) bond motifs is 1. The van der Waals surface area contributed by atoms with Gasteiger partial charge in [-0.25, -0.2) is 0 Å². The summed E-state index contributed by atoms with van der Waals surface area (Å²) in [5.74, 6) is 0. The Morgan fingerprint density at radius 2 is 2.29 bits per heavy atom. The number of ether oxygens (including phenoxy) is 1. The summed E-state index contributed by atoms with van der Waals surface area (Å²) in [4.78, 5) is 8.66. The average Bonchev–Trinajstić information content (AvgIpc) is 2.35. The predicted octanol–water partition coefficient (Wildman–Crippen LogP) is 2.84. The summed E-state index contributed by atoms with van der Waals surface area (Å²) in [6.07, 6.45) is 3.71. The molecule has 0 aliphatic rings. The van der Waals surface area contributed by atoms with Crippen LogP contribution in [0.4, 0.5) is 5.69 Å². The van der Waals surface area contributed by atoms with Gasteiger partial charge in [0.25, 0.3) is 0 Å². The molecule has 2 aromatic heterocycles. The predicted molar refractivity (Wildman–Crippen MR) is 72.2 cm³/mol. The van der Waals surface area contributed by atoms with Gasteiger partial charge < -0.3 is 10.1 Å². The van der Waals surface area contributed by atoms with E-state index in [4.69, 9.17) is 4.74 Å². The summed E-state index contributed by atoms with van der Waals surface area (Å²) in [5.41, 5.74) is 2.72. The topological polar surface area (TPSA) is 47.0 Å². The zero-order valence-electron chi connectivity index (χ0n) is 9.77. The zero-order chi connectivity index (χ0) is 12.3. The highest BCUT2D eigenvalue weighted by Crippen LogP contribution is 2.21. The number of halogens is 1. The Morgan fingerprint density at radius 3 is 3.06 bits per heavy atom. The van der Waals surface area contributed by atoms with E-state index in [2.05, 4.69) is 31.2 Å². The lowest BCUT2D eigenvalue weighted by atomic mass is 10.2. The molecule has 17 heavy (non-hydrogen) atoms. The van der Waals surface area contributed by atoms with Crippen LogP contribution in [-0.2, 0) is 4.74 Å². The molecule has 2 rings (SSSR count). The van der Waals surface area contributed by atoms with Crippen LogP contribution in [0.5, 0.6) is 0 Å². The van der Waals surface area contributed by atoms with E-state index in [1.807, 2.05) is 19.1 Å². The summed E-state index contributed by atoms with van der Waals surface area (Å²) in [5, 5.41) is 3.31. The van der Waals surface area contributed by atoms with E-state index < -0.39 is 0 Å². The molecule has 0 aliphatic carbocycles. The Hall–Kier alpha value is -1.20. The minimum absolute atomic E-state index is 0.161. The van der Waals surface area contributed by atoms with Crippen molar-refractivity contribution >= 4 is 32.7 Å². The van der Waals surface area contributed by atoms with E-state index in [-0.39, 0.29) is 6.10 Å². The van der Waals surface area contributed by atoms with Crippen molar-refractivity contribution in [2.45, 2.75) is 13.0 Å². The maximum atomic E-state index is 5.20. The molecule has 0 bridgehead atoms. The summed E-state index contributed by atoms with van der Waals surface area (Å²) < 4.78 is 6.13. The molecule has 5 heteroatoms. The Bertz CT molecular complexity index is 518. The largest absolute Gasteiger partial charge is 0.381 e. The zero-order valence-corrected chi connectivity index (χ0v) is 11.4. The van der Waals surface area contributed by atoms with Crippen LogP contribution in [0.15, 0.2) is 29.0 Å². The maximum Gasteiger partial charge on any atom is 0.112 e. The van der Waals surface area contributed by atoms with Gasteiger partial charge in [-0.05, 0) is 35.0 Å². The van der Waals surface area contributed by atoms with Gasteiger partial charge >= 0.3 is 0 Å². The Balaban J connectivity index is 2.28. The van der Waals surface area contributed by atoms with E-state index in [9.17, 15) is 0 Å². The fourth-order valence-corrected chi connectivity index (χ4v) is 1.80. The minimum Gasteiger partial charge on any atom is -0.381 e. The summed E-state index contributed by atoms with van der Waals surface area (Å²) in [6.45, 7) is 2.76. The number of nitrogens with zero attached hydrogens (tertiary/aromatic N) is 2. The number of methoxy groups -OCH3 is 1. The van der Waals surface area contributed by atoms with Crippen LogP contribution >= 0.6 is 15.9 Å². The van der Waals surface area contributed by atoms with Crippen LogP contribution in [0, 0.1) is 0 Å². The fourth-order valence-electron chi connectivity index (χ4n) is 1.49. The van der Waals surface area contributed by atoms with Gasteiger partial charge in [0.2, 0.25) is 0 Å². The maximum absolute atomic E-state index is 5.20. The van der Waals surface area contributed by atoms with E-state index in [0.717, 1.165) is 27.7 Å². The lowest BCUT2D eigenvalue weighted by molar-refractivity contribution is 0.129. The minimum atomic E-state index is 0.161. The van der Waals surface area contributed by atoms with Crippen LogP contribution in [0.1, 0.15) is 6.92 Å². The van der Waals surface area contributed by atoms with Crippen LogP contribution in [0.2, 0.25) is 0 Å². The van der Waals surface area contributed by atoms with Crippen molar-refractivity contribution < 1.29 is 4.74 Å². The van der Waals surface area contributed by atoms with E-state index >= 15 is 0 Å². The number of hydrogen-bond donors (Lipinski definition) is 1. The third-order valence-corrected chi connectivity index (χ3v) is 2.96. The van der Waals surface area contributed by atoms with E-state index in [0.29, 0.717) is 0 Å². The first-order valence-electron chi connectivity index (χ1n) is 5.37. The third kappa shape index (κ3) is 2.92. The number of aromatic nitrogens is 2. The summed E-state index contributed by atoms with van der Waals surface area (Å²) in [7, 11) is 1.70. The molecular formula is C12H14BrN3O. The molecule has 1 atom stereocenters. The molecular weight excluding hydrogens is 282 g/mol. The molecule has 1 unspecified atom stereocenters. The SMILES string of the molecule is COC(C)CNc1ccnc2cc(Br)cnc12. The number of nitrogens with one attached hydrogen (secondary N) is 1. The second-order valence-corrected chi connectivity index (χ2v) is 4.72. The Morgan fingerprint density at radius 1 is 1.47 bits per heavy atom. The standard InChI is InChI=1S/C12H14BrN3O/c1-8(17-2)6-15-10-3-4-14-11-5-9(13)7-16-12(10)11/h3-5,7-8H,6H2,1-2H3,(H,14,15). The molecule has 2 aromatic rings. The first kappa shape index (κ1) is 12.3. The number of anilines is 1. The Kier molecular flexibility index (Phi) is 3.91. The van der Waals surface area contributed by atoms with Crippen molar-refractivity contribution in [1.82, 2.24) is 9.97 Å². The first-order valence-corrected chi connectivity index (χ1v) is 6.17. The molecule has 0 amide bonds. The molecule has 0 aromatic carbocycles. The quantitative estimate of drug-likeness (QED) is 0.942. The smallest absolute Gasteiger partial charge is 0.112 e. The lowest BCUT2D eigenvalue weighted by Crippen LogP contribution is -2.18. The van der Waals surface area contributed by atoms with E-state index in [1.165, 1.54) is 0 Å². The highest BCUT2D eigenvalue weighted by Gasteiger charge is 2.05. The van der Waals surface area contributed by atoms with Gasteiger partial charge in [-0.1, -0.05) is 0 Å². The average molecular weight is 296 g/mol. The van der Waals surface area contributed by atoms with Gasteiger partial charge in [-0.2, -0.15) is 0 Å².